The highest BCUT2D eigenvalue weighted by atomic mass is 79.9. The second-order valence-electron chi connectivity index (χ2n) is 7.85. The molecule has 6 heteroatoms. The Bertz CT molecular complexity index is 1150. The van der Waals surface area contributed by atoms with E-state index in [4.69, 9.17) is 4.74 Å². The maximum Gasteiger partial charge on any atom is 0.410 e. The fourth-order valence-electron chi connectivity index (χ4n) is 4.66. The van der Waals surface area contributed by atoms with Crippen molar-refractivity contribution in [3.63, 3.8) is 0 Å². The quantitative estimate of drug-likeness (QED) is 0.575. The Morgan fingerprint density at radius 1 is 0.968 bits per heavy atom. The molecule has 1 aliphatic carbocycles. The molecule has 0 aromatic heterocycles. The molecule has 3 aromatic rings. The lowest BCUT2D eigenvalue weighted by Gasteiger charge is -2.37. The van der Waals surface area contributed by atoms with E-state index < -0.39 is 18.1 Å². The van der Waals surface area contributed by atoms with Gasteiger partial charge in [-0.05, 0) is 45.9 Å². The van der Waals surface area contributed by atoms with Gasteiger partial charge in [0.2, 0.25) is 0 Å². The molecule has 31 heavy (non-hydrogen) atoms. The fraction of sp³-hybridized carbons (Fsp3) is 0.200. The zero-order valence-electron chi connectivity index (χ0n) is 16.6. The first kappa shape index (κ1) is 19.8. The van der Waals surface area contributed by atoms with Crippen LogP contribution in [0.4, 0.5) is 4.79 Å². The van der Waals surface area contributed by atoms with Crippen molar-refractivity contribution in [2.24, 2.45) is 0 Å². The van der Waals surface area contributed by atoms with Gasteiger partial charge in [-0.2, -0.15) is 0 Å². The maximum absolute atomic E-state index is 13.0. The molecule has 5 nitrogen and oxygen atoms in total. The van der Waals surface area contributed by atoms with Gasteiger partial charge in [0.15, 0.2) is 0 Å². The van der Waals surface area contributed by atoms with E-state index >= 15 is 0 Å². The van der Waals surface area contributed by atoms with E-state index in [2.05, 4.69) is 28.1 Å². The van der Waals surface area contributed by atoms with Gasteiger partial charge in [-0.15, -0.1) is 0 Å². The van der Waals surface area contributed by atoms with Crippen LogP contribution < -0.4 is 5.11 Å². The predicted octanol–water partition coefficient (Wildman–Crippen LogP) is 3.87. The van der Waals surface area contributed by atoms with Gasteiger partial charge in [-0.3, -0.25) is 4.90 Å². The first-order valence-corrected chi connectivity index (χ1v) is 10.9. The van der Waals surface area contributed by atoms with Crippen LogP contribution in [0.1, 0.15) is 28.2 Å². The normalized spacial score (nSPS) is 16.9. The number of amides is 1. The van der Waals surface area contributed by atoms with Crippen LogP contribution in [0, 0.1) is 0 Å². The summed E-state index contributed by atoms with van der Waals surface area (Å²) in [7, 11) is 0. The third-order valence-corrected chi connectivity index (χ3v) is 6.92. The summed E-state index contributed by atoms with van der Waals surface area (Å²) in [4.78, 5) is 26.1. The molecule has 0 bridgehead atoms. The van der Waals surface area contributed by atoms with E-state index in [1.807, 2.05) is 54.6 Å². The Balaban J connectivity index is 1.39. The smallest absolute Gasteiger partial charge is 0.410 e. The van der Waals surface area contributed by atoms with Gasteiger partial charge in [0.1, 0.15) is 6.61 Å². The molecule has 3 aromatic carbocycles. The van der Waals surface area contributed by atoms with E-state index in [0.29, 0.717) is 0 Å². The summed E-state index contributed by atoms with van der Waals surface area (Å²) in [6.07, 6.45) is -0.454. The molecule has 1 unspecified atom stereocenters. The van der Waals surface area contributed by atoms with E-state index in [1.165, 1.54) is 4.90 Å². The largest absolute Gasteiger partial charge is 0.548 e. The summed E-state index contributed by atoms with van der Waals surface area (Å²) in [6, 6.07) is 20.8. The number of benzene rings is 3. The lowest BCUT2D eigenvalue weighted by molar-refractivity contribution is -0.311. The van der Waals surface area contributed by atoms with Crippen molar-refractivity contribution in [2.75, 3.05) is 6.61 Å². The van der Waals surface area contributed by atoms with E-state index in [-0.39, 0.29) is 25.5 Å². The van der Waals surface area contributed by atoms with Gasteiger partial charge >= 0.3 is 6.09 Å². The third-order valence-electron chi connectivity index (χ3n) is 6.17. The standard InChI is InChI=1S/C25H20BrNO4/c26-22-11-5-6-15-13-27(23(24(28)29)12-20(15)22)25(30)31-14-21-18-9-3-1-7-16(18)17-8-2-4-10-19(17)21/h1-11,21,23H,12-14H2,(H,28,29)/p-1. The molecule has 2 aliphatic rings. The number of hydrogen-bond donors (Lipinski definition) is 0. The molecule has 0 fully saturated rings. The topological polar surface area (TPSA) is 69.7 Å². The molecule has 156 valence electrons. The van der Waals surface area contributed by atoms with Crippen molar-refractivity contribution in [1.29, 1.82) is 0 Å². The first-order valence-electron chi connectivity index (χ1n) is 10.1. The molecule has 1 atom stereocenters. The summed E-state index contributed by atoms with van der Waals surface area (Å²) >= 11 is 3.47. The number of carboxylic acids is 1. The van der Waals surface area contributed by atoms with E-state index in [1.54, 1.807) is 0 Å². The minimum absolute atomic E-state index is 0.0797. The van der Waals surface area contributed by atoms with Crippen molar-refractivity contribution >= 4 is 28.0 Å². The summed E-state index contributed by atoms with van der Waals surface area (Å²) in [5, 5.41) is 11.8. The van der Waals surface area contributed by atoms with Crippen LogP contribution in [-0.4, -0.2) is 29.6 Å². The van der Waals surface area contributed by atoms with Crippen LogP contribution in [0.5, 0.6) is 0 Å². The number of nitrogens with zero attached hydrogens (tertiary/aromatic N) is 1. The first-order chi connectivity index (χ1) is 15.0. The Morgan fingerprint density at radius 3 is 2.26 bits per heavy atom. The molecule has 0 saturated carbocycles. The van der Waals surface area contributed by atoms with Crippen LogP contribution in [0.25, 0.3) is 11.1 Å². The number of halogens is 1. The van der Waals surface area contributed by atoms with Crippen LogP contribution in [-0.2, 0) is 22.5 Å². The number of fused-ring (bicyclic) bond motifs is 4. The van der Waals surface area contributed by atoms with Crippen molar-refractivity contribution in [2.45, 2.75) is 24.9 Å². The van der Waals surface area contributed by atoms with E-state index in [9.17, 15) is 14.7 Å². The van der Waals surface area contributed by atoms with Crippen LogP contribution in [0.2, 0.25) is 0 Å². The monoisotopic (exact) mass is 476 g/mol. The lowest BCUT2D eigenvalue weighted by Crippen LogP contribution is -2.53. The zero-order valence-corrected chi connectivity index (χ0v) is 18.2. The van der Waals surface area contributed by atoms with Crippen LogP contribution >= 0.6 is 15.9 Å². The van der Waals surface area contributed by atoms with Gasteiger partial charge in [-0.1, -0.05) is 76.6 Å². The van der Waals surface area contributed by atoms with Crippen molar-refractivity contribution in [3.05, 3.63) is 93.5 Å². The molecule has 0 radical (unpaired) electrons. The van der Waals surface area contributed by atoms with E-state index in [0.717, 1.165) is 37.9 Å². The molecule has 1 aliphatic heterocycles. The number of rotatable bonds is 3. The number of carbonyl (C=O) groups excluding carboxylic acids is 2. The van der Waals surface area contributed by atoms with Gasteiger partial charge in [-0.25, -0.2) is 4.79 Å². The van der Waals surface area contributed by atoms with Crippen LogP contribution in [0.3, 0.4) is 0 Å². The zero-order chi connectivity index (χ0) is 21.5. The summed E-state index contributed by atoms with van der Waals surface area (Å²) < 4.78 is 6.53. The Morgan fingerprint density at radius 2 is 1.61 bits per heavy atom. The summed E-state index contributed by atoms with van der Waals surface area (Å²) in [5.74, 6) is -1.36. The predicted molar refractivity (Wildman–Crippen MR) is 117 cm³/mol. The Labute approximate surface area is 188 Å². The molecular weight excluding hydrogens is 458 g/mol. The number of ether oxygens (including phenoxy) is 1. The molecular formula is C25H19BrNO4-. The molecule has 0 spiro atoms. The highest BCUT2D eigenvalue weighted by molar-refractivity contribution is 9.10. The average Bonchev–Trinajstić information content (AvgIpc) is 3.10. The minimum Gasteiger partial charge on any atom is -0.548 e. The second kappa shape index (κ2) is 7.85. The van der Waals surface area contributed by atoms with Crippen molar-refractivity contribution in [1.82, 2.24) is 4.90 Å². The minimum atomic E-state index is -1.28. The number of hydrogen-bond acceptors (Lipinski definition) is 4. The van der Waals surface area contributed by atoms with Gasteiger partial charge < -0.3 is 14.6 Å². The Kier molecular flexibility index (Phi) is 5.02. The number of carbonyl (C=O) groups is 2. The summed E-state index contributed by atoms with van der Waals surface area (Å²) in [5.41, 5.74) is 6.30. The highest BCUT2D eigenvalue weighted by Crippen LogP contribution is 2.44. The van der Waals surface area contributed by atoms with Gasteiger partial charge in [0, 0.05) is 10.4 Å². The second-order valence-corrected chi connectivity index (χ2v) is 8.70. The average molecular weight is 477 g/mol. The fourth-order valence-corrected chi connectivity index (χ4v) is 5.23. The molecule has 1 heterocycles. The van der Waals surface area contributed by atoms with Gasteiger partial charge in [0.05, 0.1) is 18.6 Å². The van der Waals surface area contributed by atoms with Crippen molar-refractivity contribution < 1.29 is 19.4 Å². The molecule has 0 saturated heterocycles. The molecule has 5 rings (SSSR count). The number of carboxylic acid groups (broad SMARTS) is 1. The molecule has 1 amide bonds. The maximum atomic E-state index is 13.0. The van der Waals surface area contributed by atoms with Crippen LogP contribution in [0.15, 0.2) is 71.2 Å². The summed E-state index contributed by atoms with van der Waals surface area (Å²) in [6.45, 7) is 0.318. The lowest BCUT2D eigenvalue weighted by atomic mass is 9.94. The molecule has 0 N–H and O–H groups in total. The Hall–Kier alpha value is -3.12. The SMILES string of the molecule is O=C([O-])C1Cc2c(Br)cccc2CN1C(=O)OCC1c2ccccc2-c2ccccc21. The number of aliphatic carboxylic acids is 1. The highest BCUT2D eigenvalue weighted by Gasteiger charge is 2.34. The van der Waals surface area contributed by atoms with Crippen molar-refractivity contribution in [3.8, 4) is 11.1 Å². The third kappa shape index (κ3) is 3.41. The van der Waals surface area contributed by atoms with Gasteiger partial charge in [0.25, 0.3) is 0 Å².